The minimum atomic E-state index is 0. The van der Waals surface area contributed by atoms with Gasteiger partial charge in [-0.15, -0.1) is 0 Å². The van der Waals surface area contributed by atoms with Crippen molar-refractivity contribution in [2.24, 2.45) is 0 Å². The Morgan fingerprint density at radius 2 is 1.95 bits per heavy atom. The smallest absolute Gasteiger partial charge is 0.257 e. The summed E-state index contributed by atoms with van der Waals surface area (Å²) in [6.45, 7) is 11.1. The SMILES string of the molecule is C=C/C(=C\C)CNC(=S)OCc1ccccc1.CCC.[HH]. The Morgan fingerprint density at radius 3 is 2.45 bits per heavy atom. The molecule has 0 atom stereocenters. The first-order valence-corrected chi connectivity index (χ1v) is 7.30. The van der Waals surface area contributed by atoms with Crippen molar-refractivity contribution in [3.05, 3.63) is 60.2 Å². The highest BCUT2D eigenvalue weighted by molar-refractivity contribution is 7.80. The topological polar surface area (TPSA) is 21.3 Å². The average Bonchev–Trinajstić information content (AvgIpc) is 2.48. The number of allylic oxidation sites excluding steroid dienone is 1. The summed E-state index contributed by atoms with van der Waals surface area (Å²) in [4.78, 5) is 0. The molecule has 0 aliphatic carbocycles. The third-order valence-electron chi connectivity index (χ3n) is 2.28. The highest BCUT2D eigenvalue weighted by Gasteiger charge is 1.98. The molecule has 112 valence electrons. The Kier molecular flexibility index (Phi) is 11.4. The van der Waals surface area contributed by atoms with Crippen LogP contribution in [0.1, 0.15) is 34.2 Å². The van der Waals surface area contributed by atoms with E-state index in [1.54, 1.807) is 6.08 Å². The van der Waals surface area contributed by atoms with E-state index in [0.717, 1.165) is 11.1 Å². The number of hydrogen-bond donors (Lipinski definition) is 1. The summed E-state index contributed by atoms with van der Waals surface area (Å²) in [6, 6.07) is 9.94. The summed E-state index contributed by atoms with van der Waals surface area (Å²) in [7, 11) is 0. The van der Waals surface area contributed by atoms with Crippen LogP contribution in [0.5, 0.6) is 0 Å². The second kappa shape index (κ2) is 12.4. The molecule has 0 unspecified atom stereocenters. The predicted molar refractivity (Wildman–Crippen MR) is 93.9 cm³/mol. The van der Waals surface area contributed by atoms with Crippen molar-refractivity contribution in [3.8, 4) is 0 Å². The second-order valence-electron chi connectivity index (χ2n) is 4.19. The van der Waals surface area contributed by atoms with Crippen molar-refractivity contribution in [1.29, 1.82) is 0 Å². The maximum absolute atomic E-state index is 5.43. The lowest BCUT2D eigenvalue weighted by Gasteiger charge is -2.10. The zero-order valence-corrected chi connectivity index (χ0v) is 13.5. The van der Waals surface area contributed by atoms with Gasteiger partial charge in [0.05, 0.1) is 0 Å². The van der Waals surface area contributed by atoms with E-state index >= 15 is 0 Å². The van der Waals surface area contributed by atoms with E-state index in [0.29, 0.717) is 18.3 Å². The van der Waals surface area contributed by atoms with Crippen LogP contribution in [0.15, 0.2) is 54.6 Å². The first kappa shape index (κ1) is 18.4. The molecular weight excluding hydrogens is 266 g/mol. The van der Waals surface area contributed by atoms with Gasteiger partial charge in [0.15, 0.2) is 0 Å². The molecule has 0 saturated carbocycles. The maximum Gasteiger partial charge on any atom is 0.257 e. The summed E-state index contributed by atoms with van der Waals surface area (Å²) >= 11 is 5.07. The van der Waals surface area contributed by atoms with Crippen LogP contribution < -0.4 is 5.32 Å². The fourth-order valence-electron chi connectivity index (χ4n) is 1.24. The summed E-state index contributed by atoms with van der Waals surface area (Å²) in [6.07, 6.45) is 5.03. The van der Waals surface area contributed by atoms with E-state index in [-0.39, 0.29) is 1.43 Å². The molecule has 3 heteroatoms. The Balaban J connectivity index is 0. The second-order valence-corrected chi connectivity index (χ2v) is 4.56. The molecule has 20 heavy (non-hydrogen) atoms. The molecule has 0 fully saturated rings. The third-order valence-corrected chi connectivity index (χ3v) is 2.54. The van der Waals surface area contributed by atoms with Gasteiger partial charge in [-0.1, -0.05) is 69.3 Å². The van der Waals surface area contributed by atoms with Crippen LogP contribution in [-0.4, -0.2) is 11.7 Å². The van der Waals surface area contributed by atoms with Gasteiger partial charge in [-0.2, -0.15) is 0 Å². The summed E-state index contributed by atoms with van der Waals surface area (Å²) in [5.41, 5.74) is 2.20. The zero-order chi connectivity index (χ0) is 15.2. The molecule has 1 N–H and O–H groups in total. The lowest BCUT2D eigenvalue weighted by molar-refractivity contribution is 0.287. The number of nitrogens with one attached hydrogen (secondary N) is 1. The minimum Gasteiger partial charge on any atom is -0.466 e. The van der Waals surface area contributed by atoms with Gasteiger partial charge in [0.1, 0.15) is 6.61 Å². The molecule has 1 aromatic rings. The Morgan fingerprint density at radius 1 is 1.35 bits per heavy atom. The number of benzene rings is 1. The third kappa shape index (κ3) is 9.34. The Labute approximate surface area is 130 Å². The predicted octanol–water partition coefficient (Wildman–Crippen LogP) is 4.87. The Hall–Kier alpha value is -1.61. The molecule has 0 aromatic heterocycles. The van der Waals surface area contributed by atoms with E-state index in [4.69, 9.17) is 17.0 Å². The molecule has 1 rings (SSSR count). The van der Waals surface area contributed by atoms with Gasteiger partial charge in [-0.3, -0.25) is 0 Å². The summed E-state index contributed by atoms with van der Waals surface area (Å²) < 4.78 is 5.43. The largest absolute Gasteiger partial charge is 0.466 e. The van der Waals surface area contributed by atoms with Crippen LogP contribution in [0.4, 0.5) is 0 Å². The summed E-state index contributed by atoms with van der Waals surface area (Å²) in [5.74, 6) is 0. The van der Waals surface area contributed by atoms with Crippen molar-refractivity contribution < 1.29 is 6.16 Å². The van der Waals surface area contributed by atoms with Crippen LogP contribution in [0.3, 0.4) is 0 Å². The van der Waals surface area contributed by atoms with Crippen LogP contribution >= 0.6 is 12.2 Å². The highest BCUT2D eigenvalue weighted by atomic mass is 32.1. The average molecular weight is 293 g/mol. The van der Waals surface area contributed by atoms with Crippen molar-refractivity contribution >= 4 is 17.4 Å². The molecule has 0 amide bonds. The van der Waals surface area contributed by atoms with Crippen LogP contribution in [0.2, 0.25) is 0 Å². The van der Waals surface area contributed by atoms with Gasteiger partial charge >= 0.3 is 0 Å². The van der Waals surface area contributed by atoms with Crippen LogP contribution in [-0.2, 0) is 11.3 Å². The van der Waals surface area contributed by atoms with E-state index in [9.17, 15) is 0 Å². The van der Waals surface area contributed by atoms with Crippen molar-refractivity contribution in [1.82, 2.24) is 5.32 Å². The minimum absolute atomic E-state index is 0. The fraction of sp³-hybridized carbons (Fsp3) is 0.353. The van der Waals surface area contributed by atoms with Gasteiger partial charge in [-0.25, -0.2) is 0 Å². The first-order chi connectivity index (χ1) is 9.67. The molecule has 0 aliphatic heterocycles. The molecule has 0 aliphatic rings. The van der Waals surface area contributed by atoms with Gasteiger partial charge in [-0.05, 0) is 30.3 Å². The number of rotatable bonds is 5. The van der Waals surface area contributed by atoms with Gasteiger partial charge in [0.2, 0.25) is 0 Å². The molecule has 0 saturated heterocycles. The zero-order valence-electron chi connectivity index (χ0n) is 12.7. The fourth-order valence-corrected chi connectivity index (χ4v) is 1.37. The monoisotopic (exact) mass is 293 g/mol. The molecule has 2 nitrogen and oxygen atoms in total. The van der Waals surface area contributed by atoms with Crippen LogP contribution in [0.25, 0.3) is 0 Å². The van der Waals surface area contributed by atoms with Gasteiger partial charge in [0.25, 0.3) is 5.17 Å². The molecule has 0 bridgehead atoms. The Bertz CT molecular complexity index is 418. The number of hydrogen-bond acceptors (Lipinski definition) is 2. The molecule has 0 radical (unpaired) electrons. The number of thiocarbonyl (C=S) groups is 1. The van der Waals surface area contributed by atoms with E-state index in [2.05, 4.69) is 25.7 Å². The first-order valence-electron chi connectivity index (χ1n) is 6.90. The highest BCUT2D eigenvalue weighted by Crippen LogP contribution is 2.01. The quantitative estimate of drug-likeness (QED) is 0.618. The standard InChI is InChI=1S/C14H17NOS.C3H8.H2/c1-3-12(4-2)10-15-14(17)16-11-13-8-6-5-7-9-13;1-3-2;/h3-9H,1,10-11H2,2H3,(H,15,17);3H2,1-2H3;1H/b12-4+;;. The normalized spacial score (nSPS) is 10.1. The van der Waals surface area contributed by atoms with Crippen molar-refractivity contribution in [2.75, 3.05) is 6.54 Å². The van der Waals surface area contributed by atoms with Crippen molar-refractivity contribution in [3.63, 3.8) is 0 Å². The lowest BCUT2D eigenvalue weighted by Crippen LogP contribution is -2.25. The van der Waals surface area contributed by atoms with E-state index in [1.165, 1.54) is 6.42 Å². The number of ether oxygens (including phenoxy) is 1. The molecule has 1 aromatic carbocycles. The lowest BCUT2D eigenvalue weighted by atomic mass is 10.2. The van der Waals surface area contributed by atoms with E-state index in [1.807, 2.05) is 43.3 Å². The van der Waals surface area contributed by atoms with Gasteiger partial charge in [0, 0.05) is 7.97 Å². The van der Waals surface area contributed by atoms with Gasteiger partial charge < -0.3 is 10.1 Å². The summed E-state index contributed by atoms with van der Waals surface area (Å²) in [5, 5.41) is 3.44. The molecular formula is C17H27NOS. The maximum atomic E-state index is 5.43. The molecule has 0 spiro atoms. The van der Waals surface area contributed by atoms with Crippen molar-refractivity contribution in [2.45, 2.75) is 33.8 Å². The molecule has 0 heterocycles. The van der Waals surface area contributed by atoms with E-state index < -0.39 is 0 Å². The van der Waals surface area contributed by atoms with Crippen LogP contribution in [0, 0.1) is 0 Å².